The second-order valence-corrected chi connectivity index (χ2v) is 8.33. The largest absolute Gasteiger partial charge is 0.484 e. The summed E-state index contributed by atoms with van der Waals surface area (Å²) in [6.07, 6.45) is 3.17. The molecule has 0 aliphatic heterocycles. The lowest BCUT2D eigenvalue weighted by molar-refractivity contribution is -0.510. The highest BCUT2D eigenvalue weighted by Crippen LogP contribution is 2.21. The molecular formula is C22H24Cl2F2N3O3+. The third-order valence-corrected chi connectivity index (χ3v) is 5.64. The van der Waals surface area contributed by atoms with E-state index in [4.69, 9.17) is 38.4 Å². The number of hydrogen-bond donors (Lipinski definition) is 3. The fourth-order valence-corrected chi connectivity index (χ4v) is 3.63. The second kappa shape index (κ2) is 11.3. The summed E-state index contributed by atoms with van der Waals surface area (Å²) in [5, 5.41) is 2.95. The molecule has 0 atom stereocenters. The van der Waals surface area contributed by atoms with Crippen LogP contribution in [-0.4, -0.2) is 37.0 Å². The summed E-state index contributed by atoms with van der Waals surface area (Å²) in [5.74, 6) is -0.405. The van der Waals surface area contributed by atoms with Crippen molar-refractivity contribution >= 4 is 34.9 Å². The Hall–Kier alpha value is -2.58. The number of carbonyl (C=O) groups is 1. The van der Waals surface area contributed by atoms with Gasteiger partial charge in [0.25, 0.3) is 11.7 Å². The monoisotopic (exact) mass is 486 g/mol. The van der Waals surface area contributed by atoms with Crippen LogP contribution < -0.4 is 25.5 Å². The van der Waals surface area contributed by atoms with E-state index in [0.717, 1.165) is 31.7 Å². The molecule has 2 aromatic carbocycles. The van der Waals surface area contributed by atoms with Gasteiger partial charge in [0.1, 0.15) is 23.1 Å². The van der Waals surface area contributed by atoms with Gasteiger partial charge in [-0.3, -0.25) is 15.5 Å². The van der Waals surface area contributed by atoms with Gasteiger partial charge in [-0.1, -0.05) is 23.2 Å². The fraction of sp³-hybridized carbons (Fsp3) is 0.364. The first-order chi connectivity index (χ1) is 15.3. The Morgan fingerprint density at radius 3 is 2.03 bits per heavy atom. The summed E-state index contributed by atoms with van der Waals surface area (Å²) >= 11 is 11.3. The molecule has 1 aliphatic carbocycles. The summed E-state index contributed by atoms with van der Waals surface area (Å²) < 4.78 is 37.6. The van der Waals surface area contributed by atoms with Gasteiger partial charge in [-0.25, -0.2) is 8.78 Å². The first kappa shape index (κ1) is 24.1. The summed E-state index contributed by atoms with van der Waals surface area (Å²) in [6.45, 7) is -0.108. The number of hydrogen-bond acceptors (Lipinski definition) is 3. The van der Waals surface area contributed by atoms with Crippen molar-refractivity contribution in [3.05, 3.63) is 58.1 Å². The quantitative estimate of drug-likeness (QED) is 0.395. The van der Waals surface area contributed by atoms with Gasteiger partial charge in [-0.15, -0.1) is 0 Å². The molecule has 3 rings (SSSR count). The van der Waals surface area contributed by atoms with Crippen LogP contribution in [0.15, 0.2) is 36.4 Å². The van der Waals surface area contributed by atoms with E-state index in [-0.39, 0.29) is 47.0 Å². The molecule has 1 amide bonds. The molecule has 0 spiro atoms. The summed E-state index contributed by atoms with van der Waals surface area (Å²) in [5.41, 5.74) is 5.99. The van der Waals surface area contributed by atoms with Crippen molar-refractivity contribution in [2.75, 3.05) is 13.2 Å². The van der Waals surface area contributed by atoms with Crippen molar-refractivity contribution in [1.82, 2.24) is 5.32 Å². The molecule has 6 nitrogen and oxygen atoms in total. The number of nitrogens with two attached hydrogens (primary N) is 1. The van der Waals surface area contributed by atoms with Crippen LogP contribution in [0, 0.1) is 11.6 Å². The van der Waals surface area contributed by atoms with Crippen molar-refractivity contribution in [3.63, 3.8) is 0 Å². The maximum Gasteiger partial charge on any atom is 0.279 e. The van der Waals surface area contributed by atoms with E-state index in [1.54, 1.807) is 6.07 Å². The normalized spacial score (nSPS) is 18.8. The molecule has 10 heteroatoms. The van der Waals surface area contributed by atoms with Gasteiger partial charge in [0.15, 0.2) is 13.2 Å². The molecule has 4 N–H and O–H groups in total. The number of amides is 1. The predicted molar refractivity (Wildman–Crippen MR) is 118 cm³/mol. The smallest absolute Gasteiger partial charge is 0.279 e. The molecule has 0 heterocycles. The minimum Gasteiger partial charge on any atom is -0.484 e. The molecule has 1 fully saturated rings. The first-order valence-electron chi connectivity index (χ1n) is 10.1. The summed E-state index contributed by atoms with van der Waals surface area (Å²) in [6, 6.07) is 8.40. The molecular weight excluding hydrogens is 463 g/mol. The van der Waals surface area contributed by atoms with E-state index in [0.29, 0.717) is 11.6 Å². The molecule has 172 valence electrons. The zero-order valence-corrected chi connectivity index (χ0v) is 18.7. The highest BCUT2D eigenvalue weighted by atomic mass is 35.5. The van der Waals surface area contributed by atoms with Gasteiger partial charge in [0, 0.05) is 18.2 Å². The molecule has 32 heavy (non-hydrogen) atoms. The third-order valence-electron chi connectivity index (χ3n) is 5.03. The topological polar surface area (TPSA) is 87.5 Å². The molecule has 0 aromatic heterocycles. The number of halogens is 4. The van der Waals surface area contributed by atoms with E-state index >= 15 is 0 Å². The van der Waals surface area contributed by atoms with Crippen LogP contribution in [-0.2, 0) is 4.79 Å². The summed E-state index contributed by atoms with van der Waals surface area (Å²) in [7, 11) is 0. The number of benzene rings is 2. The summed E-state index contributed by atoms with van der Waals surface area (Å²) in [4.78, 5) is 15.3. The van der Waals surface area contributed by atoms with Crippen LogP contribution in [0.1, 0.15) is 25.7 Å². The molecule has 2 aromatic rings. The van der Waals surface area contributed by atoms with Gasteiger partial charge < -0.3 is 14.8 Å². The van der Waals surface area contributed by atoms with E-state index in [1.165, 1.54) is 24.3 Å². The number of carbonyl (C=O) groups excluding carboxylic acids is 1. The highest BCUT2D eigenvalue weighted by molar-refractivity contribution is 6.31. The number of ether oxygens (including phenoxy) is 2. The van der Waals surface area contributed by atoms with Crippen molar-refractivity contribution in [2.45, 2.75) is 37.8 Å². The first-order valence-corrected chi connectivity index (χ1v) is 10.9. The second-order valence-electron chi connectivity index (χ2n) is 7.51. The average molecular weight is 487 g/mol. The molecule has 0 bridgehead atoms. The lowest BCUT2D eigenvalue weighted by Crippen LogP contribution is -2.83. The van der Waals surface area contributed by atoms with Crippen LogP contribution in [0.5, 0.6) is 11.5 Å². The number of nitrogens with one attached hydrogen (secondary N) is 2. The Morgan fingerprint density at radius 2 is 1.50 bits per heavy atom. The standard InChI is InChI=1S/C22H23Cl2F2N3O3/c23-17-7-5-15(9-19(17)25)31-11-21(27)28-13-1-3-14(4-2-13)29-22(30)12-32-16-6-8-18(24)20(26)10-16/h5-10,13-14H,1-4,11-12H2,(H2,27,28)(H,29,30)/p+1. The number of amidine groups is 1. The minimum atomic E-state index is -0.600. The number of rotatable bonds is 8. The highest BCUT2D eigenvalue weighted by Gasteiger charge is 2.24. The Balaban J connectivity index is 1.37. The minimum absolute atomic E-state index is 0.00417. The fourth-order valence-electron chi connectivity index (χ4n) is 3.40. The van der Waals surface area contributed by atoms with E-state index in [1.807, 2.05) is 0 Å². The lowest BCUT2D eigenvalue weighted by Gasteiger charge is -2.26. The van der Waals surface area contributed by atoms with Crippen LogP contribution in [0.3, 0.4) is 0 Å². The maximum atomic E-state index is 13.4. The zero-order chi connectivity index (χ0) is 23.1. The molecule has 0 unspecified atom stereocenters. The average Bonchev–Trinajstić information content (AvgIpc) is 2.77. The SMILES string of the molecule is NC(COc1ccc(Cl)c(F)c1)=[NH+]C1CCC(NC(=O)COc2ccc(Cl)c(F)c2)CC1. The molecule has 0 saturated heterocycles. The Kier molecular flexibility index (Phi) is 8.53. The van der Waals surface area contributed by atoms with Crippen LogP contribution >= 0.6 is 23.2 Å². The van der Waals surface area contributed by atoms with Crippen molar-refractivity contribution in [1.29, 1.82) is 0 Å². The van der Waals surface area contributed by atoms with Crippen molar-refractivity contribution in [3.8, 4) is 11.5 Å². The van der Waals surface area contributed by atoms with Crippen LogP contribution in [0.2, 0.25) is 10.0 Å². The van der Waals surface area contributed by atoms with Gasteiger partial charge in [-0.05, 0) is 49.9 Å². The van der Waals surface area contributed by atoms with E-state index in [2.05, 4.69) is 10.3 Å². The van der Waals surface area contributed by atoms with Crippen LogP contribution in [0.25, 0.3) is 0 Å². The third kappa shape index (κ3) is 7.24. The Morgan fingerprint density at radius 1 is 0.969 bits per heavy atom. The van der Waals surface area contributed by atoms with Gasteiger partial charge in [-0.2, -0.15) is 0 Å². The van der Waals surface area contributed by atoms with Gasteiger partial charge >= 0.3 is 0 Å². The van der Waals surface area contributed by atoms with Crippen molar-refractivity contribution < 1.29 is 28.0 Å². The maximum absolute atomic E-state index is 13.4. The van der Waals surface area contributed by atoms with E-state index in [9.17, 15) is 13.6 Å². The van der Waals surface area contributed by atoms with Gasteiger partial charge in [0.2, 0.25) is 0 Å². The van der Waals surface area contributed by atoms with Crippen molar-refractivity contribution in [2.24, 2.45) is 5.73 Å². The zero-order valence-electron chi connectivity index (χ0n) is 17.2. The Labute approximate surface area is 194 Å². The van der Waals surface area contributed by atoms with Gasteiger partial charge in [0.05, 0.1) is 16.1 Å². The molecule has 1 saturated carbocycles. The predicted octanol–water partition coefficient (Wildman–Crippen LogP) is 2.59. The molecule has 0 radical (unpaired) electrons. The molecule has 1 aliphatic rings. The van der Waals surface area contributed by atoms with E-state index < -0.39 is 11.6 Å². The lowest BCUT2D eigenvalue weighted by atomic mass is 9.91. The van der Waals surface area contributed by atoms with Crippen LogP contribution in [0.4, 0.5) is 8.78 Å². The Bertz CT molecular complexity index is 983.